The Morgan fingerprint density at radius 1 is 1.11 bits per heavy atom. The van der Waals surface area contributed by atoms with Gasteiger partial charge in [0.15, 0.2) is 0 Å². The van der Waals surface area contributed by atoms with E-state index in [9.17, 15) is 18.0 Å². The Morgan fingerprint density at radius 2 is 1.92 bits per heavy atom. The van der Waals surface area contributed by atoms with Gasteiger partial charge in [-0.1, -0.05) is 30.3 Å². The lowest BCUT2D eigenvalue weighted by atomic mass is 9.95. The van der Waals surface area contributed by atoms with E-state index in [0.717, 1.165) is 39.3 Å². The number of pyridine rings is 1. The molecule has 0 bridgehead atoms. The summed E-state index contributed by atoms with van der Waals surface area (Å²) in [5, 5.41) is 12.6. The van der Waals surface area contributed by atoms with E-state index in [1.807, 2.05) is 38.1 Å². The normalized spacial score (nSPS) is 15.8. The topological polar surface area (TPSA) is 86.9 Å². The third-order valence-corrected chi connectivity index (χ3v) is 6.60. The predicted molar refractivity (Wildman–Crippen MR) is 130 cm³/mol. The van der Waals surface area contributed by atoms with Crippen molar-refractivity contribution in [2.75, 3.05) is 6.61 Å². The molecule has 1 aliphatic heterocycles. The number of fused-ring (bicyclic) bond motifs is 4. The highest BCUT2D eigenvalue weighted by Gasteiger charge is 2.32. The number of carbonyl (C=O) groups excluding carboxylic acids is 1. The van der Waals surface area contributed by atoms with Crippen molar-refractivity contribution in [3.05, 3.63) is 77.4 Å². The summed E-state index contributed by atoms with van der Waals surface area (Å²) in [5.41, 5.74) is 5.47. The van der Waals surface area contributed by atoms with E-state index >= 15 is 0 Å². The minimum absolute atomic E-state index is 0.0291. The lowest BCUT2D eigenvalue weighted by Gasteiger charge is -2.27. The highest BCUT2D eigenvalue weighted by Crippen LogP contribution is 2.32. The van der Waals surface area contributed by atoms with Crippen molar-refractivity contribution in [2.24, 2.45) is 0 Å². The van der Waals surface area contributed by atoms with Crippen LogP contribution in [0.4, 0.5) is 18.0 Å². The number of rotatable bonds is 2. The molecule has 5 aromatic rings. The summed E-state index contributed by atoms with van der Waals surface area (Å²) in [6.07, 6.45) is -2.47. The monoisotopic (exact) mass is 506 g/mol. The van der Waals surface area contributed by atoms with Gasteiger partial charge >= 0.3 is 12.3 Å². The summed E-state index contributed by atoms with van der Waals surface area (Å²) >= 11 is 0. The van der Waals surface area contributed by atoms with Crippen molar-refractivity contribution >= 4 is 27.8 Å². The standard InChI is InChI=1S/C26H21F3N6O2/c1-14-23-15(2)33-35(24(23)20-5-3-4-6-21(20)31-14)25(36)32-22-13-37-12-17-9-16(7-8-19(17)22)18-10-30-34(11-18)26(27,28)29/h3-11,22H,12-13H2,1-2H3,(H,32,36)/t22-/m0/s1. The molecule has 0 fully saturated rings. The first kappa shape index (κ1) is 23.2. The maximum Gasteiger partial charge on any atom is 0.504 e. The summed E-state index contributed by atoms with van der Waals surface area (Å²) in [7, 11) is 0. The van der Waals surface area contributed by atoms with Crippen LogP contribution in [0.3, 0.4) is 0 Å². The number of aromatic nitrogens is 5. The molecule has 4 heterocycles. The highest BCUT2D eigenvalue weighted by molar-refractivity contribution is 6.08. The van der Waals surface area contributed by atoms with Gasteiger partial charge in [-0.05, 0) is 42.7 Å². The lowest BCUT2D eigenvalue weighted by Crippen LogP contribution is -2.37. The SMILES string of the molecule is Cc1nc2ccccc2c2c1c(C)nn2C(=O)N[C@H]1COCc2cc(-c3cnn(C(F)(F)F)c3)ccc21. The highest BCUT2D eigenvalue weighted by atomic mass is 19.4. The molecular formula is C26H21F3N6O2. The van der Waals surface area contributed by atoms with Crippen LogP contribution >= 0.6 is 0 Å². The van der Waals surface area contributed by atoms with Crippen LogP contribution in [0.2, 0.25) is 0 Å². The summed E-state index contributed by atoms with van der Waals surface area (Å²) < 4.78 is 45.9. The summed E-state index contributed by atoms with van der Waals surface area (Å²) in [4.78, 5) is 18.1. The first-order valence-corrected chi connectivity index (χ1v) is 11.6. The number of ether oxygens (including phenoxy) is 1. The Balaban J connectivity index is 1.33. The molecule has 8 nitrogen and oxygen atoms in total. The van der Waals surface area contributed by atoms with Crippen LogP contribution in [0, 0.1) is 13.8 Å². The number of nitrogens with one attached hydrogen (secondary N) is 1. The van der Waals surface area contributed by atoms with E-state index in [0.29, 0.717) is 22.3 Å². The van der Waals surface area contributed by atoms with Crippen molar-refractivity contribution in [3.63, 3.8) is 0 Å². The van der Waals surface area contributed by atoms with E-state index in [1.165, 1.54) is 10.9 Å². The summed E-state index contributed by atoms with van der Waals surface area (Å²) in [6, 6.07) is 12.0. The molecular weight excluding hydrogens is 485 g/mol. The van der Waals surface area contributed by atoms with Gasteiger partial charge in [0.05, 0.1) is 42.2 Å². The molecule has 0 saturated carbocycles. The number of halogens is 3. The van der Waals surface area contributed by atoms with Gasteiger partial charge in [-0.3, -0.25) is 4.98 Å². The quantitative estimate of drug-likeness (QED) is 0.348. The maximum absolute atomic E-state index is 13.5. The molecule has 3 aromatic heterocycles. The van der Waals surface area contributed by atoms with Crippen molar-refractivity contribution in [2.45, 2.75) is 32.8 Å². The number of nitrogens with zero attached hydrogens (tertiary/aromatic N) is 5. The third-order valence-electron chi connectivity index (χ3n) is 6.60. The Hall–Kier alpha value is -4.25. The number of amides is 1. The zero-order chi connectivity index (χ0) is 25.9. The Bertz CT molecular complexity index is 1690. The van der Waals surface area contributed by atoms with Gasteiger partial charge in [-0.2, -0.15) is 19.6 Å². The molecule has 0 radical (unpaired) electrons. The average molecular weight is 506 g/mol. The molecule has 11 heteroatoms. The molecule has 37 heavy (non-hydrogen) atoms. The molecule has 1 N–H and O–H groups in total. The largest absolute Gasteiger partial charge is 0.504 e. The van der Waals surface area contributed by atoms with Crippen LogP contribution in [0.5, 0.6) is 0 Å². The molecule has 6 rings (SSSR count). The van der Waals surface area contributed by atoms with Gasteiger partial charge in [-0.25, -0.2) is 4.79 Å². The van der Waals surface area contributed by atoms with E-state index < -0.39 is 18.4 Å². The van der Waals surface area contributed by atoms with Crippen LogP contribution in [0.25, 0.3) is 32.9 Å². The molecule has 0 saturated heterocycles. The molecule has 188 valence electrons. The van der Waals surface area contributed by atoms with Crippen LogP contribution < -0.4 is 5.32 Å². The zero-order valence-corrected chi connectivity index (χ0v) is 19.9. The predicted octanol–water partition coefficient (Wildman–Crippen LogP) is 5.37. The molecule has 0 unspecified atom stereocenters. The van der Waals surface area contributed by atoms with Gasteiger partial charge < -0.3 is 10.1 Å². The lowest BCUT2D eigenvalue weighted by molar-refractivity contribution is -0.212. The fraction of sp³-hybridized carbons (Fsp3) is 0.231. The minimum Gasteiger partial charge on any atom is -0.374 e. The van der Waals surface area contributed by atoms with Crippen molar-refractivity contribution < 1.29 is 22.7 Å². The van der Waals surface area contributed by atoms with E-state index in [4.69, 9.17) is 4.74 Å². The first-order valence-electron chi connectivity index (χ1n) is 11.6. The Labute approximate surface area is 208 Å². The van der Waals surface area contributed by atoms with Gasteiger partial charge in [0.25, 0.3) is 0 Å². The summed E-state index contributed by atoms with van der Waals surface area (Å²) in [5.74, 6) is 0. The smallest absolute Gasteiger partial charge is 0.374 e. The number of alkyl halides is 3. The molecule has 2 aromatic carbocycles. The van der Waals surface area contributed by atoms with Crippen LogP contribution in [0.1, 0.15) is 28.6 Å². The molecule has 0 aliphatic carbocycles. The second kappa shape index (κ2) is 8.41. The minimum atomic E-state index is -4.58. The Morgan fingerprint density at radius 3 is 2.70 bits per heavy atom. The second-order valence-electron chi connectivity index (χ2n) is 9.01. The summed E-state index contributed by atoms with van der Waals surface area (Å²) in [6.45, 7) is 4.27. The zero-order valence-electron chi connectivity index (χ0n) is 19.9. The van der Waals surface area contributed by atoms with E-state index in [-0.39, 0.29) is 17.9 Å². The van der Waals surface area contributed by atoms with Crippen molar-refractivity contribution in [3.8, 4) is 11.1 Å². The fourth-order valence-corrected chi connectivity index (χ4v) is 4.93. The molecule has 1 atom stereocenters. The van der Waals surface area contributed by atoms with Crippen molar-refractivity contribution in [1.29, 1.82) is 0 Å². The second-order valence-corrected chi connectivity index (χ2v) is 9.01. The molecule has 0 spiro atoms. The van der Waals surface area contributed by atoms with Crippen molar-refractivity contribution in [1.82, 2.24) is 29.9 Å². The average Bonchev–Trinajstić information content (AvgIpc) is 3.50. The Kier molecular flexibility index (Phi) is 5.27. The van der Waals surface area contributed by atoms with E-state index in [1.54, 1.807) is 18.2 Å². The van der Waals surface area contributed by atoms with Gasteiger partial charge in [0, 0.05) is 28.2 Å². The molecule has 1 amide bonds. The molecule has 1 aliphatic rings. The third kappa shape index (κ3) is 3.91. The van der Waals surface area contributed by atoms with Crippen LogP contribution in [0.15, 0.2) is 54.9 Å². The number of aryl methyl sites for hydroxylation is 2. The number of carbonyl (C=O) groups is 1. The number of benzene rings is 2. The maximum atomic E-state index is 13.5. The fourth-order valence-electron chi connectivity index (χ4n) is 4.93. The van der Waals surface area contributed by atoms with Crippen LogP contribution in [-0.2, 0) is 17.6 Å². The first-order chi connectivity index (χ1) is 17.7. The number of para-hydroxylation sites is 1. The van der Waals surface area contributed by atoms with E-state index in [2.05, 4.69) is 20.5 Å². The van der Waals surface area contributed by atoms with Gasteiger partial charge in [0.1, 0.15) is 0 Å². The number of hydrogen-bond donors (Lipinski definition) is 1. The van der Waals surface area contributed by atoms with Gasteiger partial charge in [0.2, 0.25) is 0 Å². The van der Waals surface area contributed by atoms with Gasteiger partial charge in [-0.15, -0.1) is 13.2 Å². The number of hydrogen-bond acceptors (Lipinski definition) is 5. The van der Waals surface area contributed by atoms with Crippen LogP contribution in [-0.4, -0.2) is 37.2 Å².